The summed E-state index contributed by atoms with van der Waals surface area (Å²) in [4.78, 5) is 35.4. The van der Waals surface area contributed by atoms with E-state index >= 15 is 0 Å². The van der Waals surface area contributed by atoms with Crippen LogP contribution in [0, 0.1) is 5.92 Å². The summed E-state index contributed by atoms with van der Waals surface area (Å²) in [5.41, 5.74) is 5.41. The number of carboxylic acid groups (broad SMARTS) is 1. The predicted molar refractivity (Wildman–Crippen MR) is 98.3 cm³/mol. The molecule has 0 saturated carbocycles. The molecule has 0 fully saturated rings. The molecule has 146 valence electrons. The first-order chi connectivity index (χ1) is 11.8. The molecule has 0 bridgehead atoms. The van der Waals surface area contributed by atoms with Gasteiger partial charge in [-0.1, -0.05) is 20.3 Å². The number of amides is 1. The predicted octanol–water partition coefficient (Wildman–Crippen LogP) is 1.40. The van der Waals surface area contributed by atoms with Crippen molar-refractivity contribution >= 4 is 18.2 Å². The van der Waals surface area contributed by atoms with Crippen molar-refractivity contribution in [2.24, 2.45) is 11.7 Å². The maximum absolute atomic E-state index is 11.7. The fourth-order valence-corrected chi connectivity index (χ4v) is 2.67. The third-order valence-corrected chi connectivity index (χ3v) is 4.33. The average molecular weight is 357 g/mol. The number of nitrogens with one attached hydrogen (secondary N) is 1. The summed E-state index contributed by atoms with van der Waals surface area (Å²) in [5.74, 6) is -0.648. The van der Waals surface area contributed by atoms with E-state index in [1.165, 1.54) is 0 Å². The molecular weight excluding hydrogens is 322 g/mol. The van der Waals surface area contributed by atoms with Gasteiger partial charge >= 0.3 is 5.97 Å². The van der Waals surface area contributed by atoms with Crippen LogP contribution in [-0.4, -0.2) is 60.4 Å². The van der Waals surface area contributed by atoms with Crippen LogP contribution in [0.5, 0.6) is 0 Å². The van der Waals surface area contributed by atoms with E-state index in [2.05, 4.69) is 10.2 Å². The third-order valence-electron chi connectivity index (χ3n) is 4.33. The van der Waals surface area contributed by atoms with E-state index in [1.54, 1.807) is 0 Å². The van der Waals surface area contributed by atoms with Gasteiger partial charge in [-0.05, 0) is 51.6 Å². The molecule has 0 heterocycles. The van der Waals surface area contributed by atoms with Gasteiger partial charge < -0.3 is 21.0 Å². The Morgan fingerprint density at radius 1 is 1.16 bits per heavy atom. The molecule has 4 N–H and O–H groups in total. The molecule has 2 atom stereocenters. The summed E-state index contributed by atoms with van der Waals surface area (Å²) in [7, 11) is 1.96. The Morgan fingerprint density at radius 2 is 1.84 bits per heavy atom. The maximum atomic E-state index is 11.7. The summed E-state index contributed by atoms with van der Waals surface area (Å²) in [5, 5.41) is 11.5. The number of aldehydes is 1. The number of carbonyl (C=O) groups is 3. The van der Waals surface area contributed by atoms with Gasteiger partial charge in [0.15, 0.2) is 0 Å². The minimum Gasteiger partial charge on any atom is -0.480 e. The highest BCUT2D eigenvalue weighted by molar-refractivity contribution is 5.75. The highest BCUT2D eigenvalue weighted by atomic mass is 16.4. The second-order valence-electron chi connectivity index (χ2n) is 6.95. The van der Waals surface area contributed by atoms with Gasteiger partial charge in [0.25, 0.3) is 0 Å². The number of hydrogen-bond acceptors (Lipinski definition) is 5. The zero-order valence-corrected chi connectivity index (χ0v) is 15.9. The van der Waals surface area contributed by atoms with Crippen molar-refractivity contribution in [3.8, 4) is 0 Å². The van der Waals surface area contributed by atoms with Gasteiger partial charge in [0.1, 0.15) is 12.3 Å². The van der Waals surface area contributed by atoms with E-state index in [0.717, 1.165) is 38.5 Å². The van der Waals surface area contributed by atoms with Gasteiger partial charge in [-0.25, -0.2) is 0 Å². The van der Waals surface area contributed by atoms with Crippen LogP contribution >= 0.6 is 0 Å². The molecule has 0 aliphatic carbocycles. The Bertz CT molecular complexity index is 402. The van der Waals surface area contributed by atoms with E-state index < -0.39 is 12.0 Å². The van der Waals surface area contributed by atoms with Crippen LogP contribution in [0.1, 0.15) is 58.8 Å². The van der Waals surface area contributed by atoms with E-state index in [-0.39, 0.29) is 11.9 Å². The molecule has 7 nitrogen and oxygen atoms in total. The fraction of sp³-hybridized carbons (Fsp3) is 0.833. The van der Waals surface area contributed by atoms with Crippen LogP contribution in [0.2, 0.25) is 0 Å². The minimum atomic E-state index is -0.984. The Balaban J connectivity index is 3.61. The summed E-state index contributed by atoms with van der Waals surface area (Å²) >= 11 is 0. The van der Waals surface area contributed by atoms with Crippen molar-refractivity contribution in [1.82, 2.24) is 10.2 Å². The average Bonchev–Trinajstić information content (AvgIpc) is 2.54. The van der Waals surface area contributed by atoms with Crippen molar-refractivity contribution in [2.75, 3.05) is 20.1 Å². The number of hydrogen-bond donors (Lipinski definition) is 3. The van der Waals surface area contributed by atoms with Crippen molar-refractivity contribution in [2.45, 2.75) is 70.9 Å². The number of rotatable bonds is 15. The van der Waals surface area contributed by atoms with Crippen LogP contribution in [0.3, 0.4) is 0 Å². The second kappa shape index (κ2) is 13.8. The monoisotopic (exact) mass is 357 g/mol. The highest BCUT2D eigenvalue weighted by Gasteiger charge is 2.16. The van der Waals surface area contributed by atoms with Gasteiger partial charge in [-0.2, -0.15) is 0 Å². The number of carbonyl (C=O) groups excluding carboxylic acids is 2. The van der Waals surface area contributed by atoms with Crippen LogP contribution in [0.15, 0.2) is 0 Å². The zero-order valence-electron chi connectivity index (χ0n) is 15.9. The van der Waals surface area contributed by atoms with Gasteiger partial charge in [-0.15, -0.1) is 0 Å². The molecule has 0 aromatic heterocycles. The van der Waals surface area contributed by atoms with Crippen LogP contribution < -0.4 is 11.1 Å². The summed E-state index contributed by atoms with van der Waals surface area (Å²) in [6.07, 6.45) is 6.10. The van der Waals surface area contributed by atoms with Crippen LogP contribution in [0.4, 0.5) is 0 Å². The molecule has 0 unspecified atom stereocenters. The fourth-order valence-electron chi connectivity index (χ4n) is 2.67. The molecule has 0 rings (SSSR count). The molecule has 1 amide bonds. The first-order valence-corrected chi connectivity index (χ1v) is 9.20. The molecule has 0 aromatic carbocycles. The van der Waals surface area contributed by atoms with E-state index in [4.69, 9.17) is 10.8 Å². The van der Waals surface area contributed by atoms with Gasteiger partial charge in [-0.3, -0.25) is 14.5 Å². The second-order valence-corrected chi connectivity index (χ2v) is 6.95. The van der Waals surface area contributed by atoms with Crippen LogP contribution in [0.25, 0.3) is 0 Å². The summed E-state index contributed by atoms with van der Waals surface area (Å²) < 4.78 is 0. The third kappa shape index (κ3) is 11.7. The van der Waals surface area contributed by atoms with Crippen molar-refractivity contribution in [1.29, 1.82) is 0 Å². The Labute approximate surface area is 151 Å². The van der Waals surface area contributed by atoms with Crippen molar-refractivity contribution in [3.63, 3.8) is 0 Å². The quantitative estimate of drug-likeness (QED) is 0.302. The number of carboxylic acids is 1. The molecule has 0 aliphatic heterocycles. The first-order valence-electron chi connectivity index (χ1n) is 9.20. The molecular formula is C18H35N3O4. The lowest BCUT2D eigenvalue weighted by molar-refractivity contribution is -0.138. The summed E-state index contributed by atoms with van der Waals surface area (Å²) in [6, 6.07) is -0.860. The molecule has 25 heavy (non-hydrogen) atoms. The number of nitrogens with zero attached hydrogens (tertiary/aromatic N) is 1. The molecule has 0 aromatic rings. The molecule has 0 saturated heterocycles. The Morgan fingerprint density at radius 3 is 2.40 bits per heavy atom. The molecule has 7 heteroatoms. The first kappa shape index (κ1) is 23.5. The summed E-state index contributed by atoms with van der Waals surface area (Å²) in [6.45, 7) is 5.49. The van der Waals surface area contributed by atoms with Gasteiger partial charge in [0, 0.05) is 13.0 Å². The SMILES string of the molecule is CC(C)[C@@H](C=O)N(C)CCCCCC(=O)NCCCC[C@H](N)C(=O)O. The lowest BCUT2D eigenvalue weighted by Gasteiger charge is -2.26. The Kier molecular flexibility index (Phi) is 13.0. The largest absolute Gasteiger partial charge is 0.480 e. The smallest absolute Gasteiger partial charge is 0.320 e. The standard InChI is InChI=1S/C18H35N3O4/c1-14(2)16(13-22)21(3)12-8-4-5-10-17(23)20-11-7-6-9-15(19)18(24)25/h13-16H,4-12,19H2,1-3H3,(H,20,23)(H,24,25)/t15-,16+/m0/s1. The van der Waals surface area contributed by atoms with Crippen molar-refractivity contribution in [3.05, 3.63) is 0 Å². The number of nitrogens with two attached hydrogens (primary N) is 1. The maximum Gasteiger partial charge on any atom is 0.320 e. The molecule has 0 aliphatic rings. The van der Waals surface area contributed by atoms with E-state index in [1.807, 2.05) is 20.9 Å². The molecule has 0 spiro atoms. The molecule has 0 radical (unpaired) electrons. The van der Waals surface area contributed by atoms with Crippen molar-refractivity contribution < 1.29 is 19.5 Å². The lowest BCUT2D eigenvalue weighted by Crippen LogP contribution is -2.37. The number of likely N-dealkylation sites (N-methyl/N-ethyl adjacent to an activating group) is 1. The normalized spacial score (nSPS) is 13.7. The minimum absolute atomic E-state index is 0.0313. The van der Waals surface area contributed by atoms with Gasteiger partial charge in [0.05, 0.1) is 6.04 Å². The van der Waals surface area contributed by atoms with E-state index in [9.17, 15) is 14.4 Å². The van der Waals surface area contributed by atoms with Gasteiger partial charge in [0.2, 0.25) is 5.91 Å². The highest BCUT2D eigenvalue weighted by Crippen LogP contribution is 2.09. The Hall–Kier alpha value is -1.47. The lowest BCUT2D eigenvalue weighted by atomic mass is 10.0. The zero-order chi connectivity index (χ0) is 19.2. The topological polar surface area (TPSA) is 113 Å². The van der Waals surface area contributed by atoms with E-state index in [0.29, 0.717) is 31.7 Å². The number of aliphatic carboxylic acids is 1. The van der Waals surface area contributed by atoms with Crippen LogP contribution in [-0.2, 0) is 14.4 Å². The number of unbranched alkanes of at least 4 members (excludes halogenated alkanes) is 3.